The molecule has 7 nitrogen and oxygen atoms in total. The largest absolute Gasteiger partial charge is 0.384 e. The van der Waals surface area contributed by atoms with E-state index in [4.69, 9.17) is 4.74 Å². The molecule has 0 atom stereocenters. The Morgan fingerprint density at radius 1 is 1.33 bits per heavy atom. The van der Waals surface area contributed by atoms with Crippen LogP contribution in [0.25, 0.3) is 0 Å². The Hall–Kier alpha value is -1.45. The molecule has 1 aliphatic heterocycles. The number of hydrogen-bond donors (Lipinski definition) is 3. The van der Waals surface area contributed by atoms with Gasteiger partial charge in [-0.3, -0.25) is 4.79 Å². The average molecular weight is 434 g/mol. The summed E-state index contributed by atoms with van der Waals surface area (Å²) in [6, 6.07) is 5.60. The number of thiazole rings is 1. The predicted molar refractivity (Wildman–Crippen MR) is 113 cm³/mol. The maximum Gasteiger partial charge on any atom is 0.270 e. The molecular weight excluding hydrogens is 409 g/mol. The molecule has 0 radical (unpaired) electrons. The van der Waals surface area contributed by atoms with Gasteiger partial charge in [0.1, 0.15) is 11.5 Å². The lowest BCUT2D eigenvalue weighted by atomic mass is 9.79. The average Bonchev–Trinajstić information content (AvgIpc) is 3.10. The van der Waals surface area contributed by atoms with Crippen LogP contribution in [0.2, 0.25) is 0 Å². The number of rotatable bonds is 7. The van der Waals surface area contributed by atoms with E-state index in [-0.39, 0.29) is 36.1 Å². The first-order valence-corrected chi connectivity index (χ1v) is 9.20. The van der Waals surface area contributed by atoms with Gasteiger partial charge in [-0.25, -0.2) is 9.97 Å². The first-order chi connectivity index (χ1) is 12.2. The molecule has 3 heterocycles. The molecule has 0 bridgehead atoms. The highest BCUT2D eigenvalue weighted by Gasteiger charge is 2.32. The van der Waals surface area contributed by atoms with Crippen molar-refractivity contribution in [2.24, 2.45) is 5.41 Å². The summed E-state index contributed by atoms with van der Waals surface area (Å²) in [5.41, 5.74) is 0.422. The smallest absolute Gasteiger partial charge is 0.270 e. The number of nitrogens with zero attached hydrogens (tertiary/aromatic N) is 2. The quantitative estimate of drug-likeness (QED) is 0.621. The Kier molecular flexibility index (Phi) is 9.97. The van der Waals surface area contributed by atoms with E-state index in [0.29, 0.717) is 29.8 Å². The molecule has 1 saturated heterocycles. The van der Waals surface area contributed by atoms with Gasteiger partial charge in [0, 0.05) is 30.6 Å². The topological polar surface area (TPSA) is 88.2 Å². The van der Waals surface area contributed by atoms with Crippen LogP contribution >= 0.6 is 36.2 Å². The molecule has 2 aromatic heterocycles. The van der Waals surface area contributed by atoms with Gasteiger partial charge in [-0.05, 0) is 38.1 Å². The standard InChI is InChI=1S/C17H23N5O2S.2ClH/c1-24-12-17(5-8-18-9-6-17)11-20-15(23)13-10-25-16(21-13)22-14-4-2-3-7-19-14;;/h2-4,7,10,18H,5-6,8-9,11-12H2,1H3,(H,20,23)(H,19,21,22);2*1H. The van der Waals surface area contributed by atoms with E-state index in [2.05, 4.69) is 25.9 Å². The van der Waals surface area contributed by atoms with Gasteiger partial charge < -0.3 is 20.7 Å². The minimum atomic E-state index is -0.153. The number of ether oxygens (including phenoxy) is 1. The van der Waals surface area contributed by atoms with Crippen molar-refractivity contribution in [1.29, 1.82) is 0 Å². The SMILES string of the molecule is COCC1(CNC(=O)c2csc(Nc3ccccn3)n2)CCNCC1.Cl.Cl. The Balaban J connectivity index is 0.00000182. The third kappa shape index (κ3) is 6.58. The molecule has 0 unspecified atom stereocenters. The van der Waals surface area contributed by atoms with E-state index in [1.165, 1.54) is 11.3 Å². The van der Waals surface area contributed by atoms with Crippen LogP contribution in [0.4, 0.5) is 10.9 Å². The fourth-order valence-electron chi connectivity index (χ4n) is 2.98. The molecular formula is C17H25Cl2N5O2S. The van der Waals surface area contributed by atoms with Gasteiger partial charge >= 0.3 is 0 Å². The Bertz CT molecular complexity index is 690. The van der Waals surface area contributed by atoms with Crippen molar-refractivity contribution < 1.29 is 9.53 Å². The number of anilines is 2. The van der Waals surface area contributed by atoms with E-state index < -0.39 is 0 Å². The molecule has 1 aliphatic rings. The fourth-order valence-corrected chi connectivity index (χ4v) is 3.67. The molecule has 0 spiro atoms. The predicted octanol–water partition coefficient (Wildman–Crippen LogP) is 2.87. The number of aromatic nitrogens is 2. The van der Waals surface area contributed by atoms with Crippen LogP contribution in [0.1, 0.15) is 23.3 Å². The van der Waals surface area contributed by atoms with Crippen molar-refractivity contribution in [2.75, 3.05) is 38.7 Å². The molecule has 150 valence electrons. The number of nitrogens with one attached hydrogen (secondary N) is 3. The van der Waals surface area contributed by atoms with Crippen LogP contribution in [-0.4, -0.2) is 49.2 Å². The van der Waals surface area contributed by atoms with E-state index in [9.17, 15) is 4.79 Å². The van der Waals surface area contributed by atoms with E-state index in [0.717, 1.165) is 25.9 Å². The first kappa shape index (κ1) is 23.6. The molecule has 3 N–H and O–H groups in total. The van der Waals surface area contributed by atoms with Gasteiger partial charge in [-0.2, -0.15) is 0 Å². The lowest BCUT2D eigenvalue weighted by Crippen LogP contribution is -2.47. The third-order valence-electron chi connectivity index (χ3n) is 4.38. The lowest BCUT2D eigenvalue weighted by Gasteiger charge is -2.37. The molecule has 1 fully saturated rings. The highest BCUT2D eigenvalue weighted by atomic mass is 35.5. The maximum atomic E-state index is 12.4. The molecule has 0 aliphatic carbocycles. The van der Waals surface area contributed by atoms with Crippen molar-refractivity contribution in [1.82, 2.24) is 20.6 Å². The number of carbonyl (C=O) groups excluding carboxylic acids is 1. The van der Waals surface area contributed by atoms with Crippen LogP contribution in [0.3, 0.4) is 0 Å². The van der Waals surface area contributed by atoms with Crippen LogP contribution in [0, 0.1) is 5.41 Å². The van der Waals surface area contributed by atoms with Gasteiger partial charge in [-0.15, -0.1) is 36.2 Å². The molecule has 10 heteroatoms. The van der Waals surface area contributed by atoms with Crippen LogP contribution in [0.5, 0.6) is 0 Å². The van der Waals surface area contributed by atoms with Crippen LogP contribution < -0.4 is 16.0 Å². The zero-order valence-electron chi connectivity index (χ0n) is 15.1. The summed E-state index contributed by atoms with van der Waals surface area (Å²) in [4.78, 5) is 21.0. The van der Waals surface area contributed by atoms with Crippen molar-refractivity contribution in [3.8, 4) is 0 Å². The second-order valence-corrected chi connectivity index (χ2v) is 7.10. The van der Waals surface area contributed by atoms with E-state index in [1.807, 2.05) is 18.2 Å². The molecule has 0 saturated carbocycles. The van der Waals surface area contributed by atoms with Crippen LogP contribution in [-0.2, 0) is 4.74 Å². The van der Waals surface area contributed by atoms with Gasteiger partial charge in [0.2, 0.25) is 0 Å². The van der Waals surface area contributed by atoms with Gasteiger partial charge in [0.15, 0.2) is 5.13 Å². The Labute approximate surface area is 175 Å². The molecule has 0 aromatic carbocycles. The molecule has 1 amide bonds. The zero-order chi connectivity index (χ0) is 17.5. The minimum absolute atomic E-state index is 0. The van der Waals surface area contributed by atoms with Gasteiger partial charge in [0.05, 0.1) is 6.61 Å². The Morgan fingerprint density at radius 2 is 2.11 bits per heavy atom. The second kappa shape index (κ2) is 11.4. The number of halogens is 2. The first-order valence-electron chi connectivity index (χ1n) is 8.32. The van der Waals surface area contributed by atoms with E-state index >= 15 is 0 Å². The van der Waals surface area contributed by atoms with E-state index in [1.54, 1.807) is 18.7 Å². The highest BCUT2D eigenvalue weighted by Crippen LogP contribution is 2.28. The number of piperidine rings is 1. The zero-order valence-corrected chi connectivity index (χ0v) is 17.5. The number of methoxy groups -OCH3 is 1. The number of amides is 1. The molecule has 27 heavy (non-hydrogen) atoms. The monoisotopic (exact) mass is 433 g/mol. The number of hydrogen-bond acceptors (Lipinski definition) is 7. The number of carbonyl (C=O) groups is 1. The maximum absolute atomic E-state index is 12.4. The molecule has 3 rings (SSSR count). The molecule has 2 aromatic rings. The summed E-state index contributed by atoms with van der Waals surface area (Å²) in [6.45, 7) is 3.16. The third-order valence-corrected chi connectivity index (χ3v) is 5.13. The highest BCUT2D eigenvalue weighted by molar-refractivity contribution is 7.14. The Morgan fingerprint density at radius 3 is 2.78 bits per heavy atom. The van der Waals surface area contributed by atoms with Gasteiger partial charge in [0.25, 0.3) is 5.91 Å². The van der Waals surface area contributed by atoms with Crippen molar-refractivity contribution >= 4 is 53.0 Å². The fraction of sp³-hybridized carbons (Fsp3) is 0.471. The summed E-state index contributed by atoms with van der Waals surface area (Å²) >= 11 is 1.39. The summed E-state index contributed by atoms with van der Waals surface area (Å²) in [7, 11) is 1.71. The van der Waals surface area contributed by atoms with Gasteiger partial charge in [-0.1, -0.05) is 6.07 Å². The summed E-state index contributed by atoms with van der Waals surface area (Å²) in [5, 5.41) is 11.9. The van der Waals surface area contributed by atoms with Crippen molar-refractivity contribution in [2.45, 2.75) is 12.8 Å². The number of pyridine rings is 1. The second-order valence-electron chi connectivity index (χ2n) is 6.24. The normalized spacial score (nSPS) is 15.1. The summed E-state index contributed by atoms with van der Waals surface area (Å²) < 4.78 is 5.38. The summed E-state index contributed by atoms with van der Waals surface area (Å²) in [6.07, 6.45) is 3.69. The van der Waals surface area contributed by atoms with Crippen LogP contribution in [0.15, 0.2) is 29.8 Å². The van der Waals surface area contributed by atoms with Crippen molar-refractivity contribution in [3.05, 3.63) is 35.5 Å². The lowest BCUT2D eigenvalue weighted by molar-refractivity contribution is 0.0511. The summed E-state index contributed by atoms with van der Waals surface area (Å²) in [5.74, 6) is 0.553. The minimum Gasteiger partial charge on any atom is -0.384 e. The van der Waals surface area contributed by atoms with Crippen molar-refractivity contribution in [3.63, 3.8) is 0 Å².